The molecular formula is C32H35N3O4. The molecule has 39 heavy (non-hydrogen) atoms. The molecule has 0 amide bonds. The van der Waals surface area contributed by atoms with Crippen molar-refractivity contribution in [2.45, 2.75) is 58.5 Å². The van der Waals surface area contributed by atoms with E-state index in [1.54, 1.807) is 19.1 Å². The minimum atomic E-state index is -0.804. The van der Waals surface area contributed by atoms with Crippen LogP contribution >= 0.6 is 0 Å². The second-order valence-corrected chi connectivity index (χ2v) is 9.41. The molecule has 7 nitrogen and oxygen atoms in total. The molecule has 1 unspecified atom stereocenters. The maximum absolute atomic E-state index is 12.4. The van der Waals surface area contributed by atoms with E-state index in [2.05, 4.69) is 21.9 Å². The Morgan fingerprint density at radius 3 is 1.92 bits per heavy atom. The van der Waals surface area contributed by atoms with E-state index in [9.17, 15) is 9.90 Å². The molecular weight excluding hydrogens is 490 g/mol. The Hall–Kier alpha value is -4.26. The summed E-state index contributed by atoms with van der Waals surface area (Å²) in [6, 6.07) is 24.1. The van der Waals surface area contributed by atoms with E-state index >= 15 is 0 Å². The quantitative estimate of drug-likeness (QED) is 0.145. The molecule has 0 saturated heterocycles. The number of hydrogen-bond acceptors (Lipinski definition) is 7. The van der Waals surface area contributed by atoms with Gasteiger partial charge in [-0.3, -0.25) is 0 Å². The summed E-state index contributed by atoms with van der Waals surface area (Å²) < 4.78 is 11.1. The number of nitrogens with zero attached hydrogens (tertiary/aromatic N) is 3. The summed E-state index contributed by atoms with van der Waals surface area (Å²) in [5.41, 5.74) is 2.11. The number of aromatic hydroxyl groups is 1. The molecule has 0 aliphatic rings. The molecule has 4 rings (SSSR count). The fourth-order valence-electron chi connectivity index (χ4n) is 4.13. The lowest BCUT2D eigenvalue weighted by Gasteiger charge is -2.15. The van der Waals surface area contributed by atoms with E-state index < -0.39 is 12.1 Å². The van der Waals surface area contributed by atoms with E-state index in [1.807, 2.05) is 60.7 Å². The van der Waals surface area contributed by atoms with E-state index in [4.69, 9.17) is 9.47 Å². The van der Waals surface area contributed by atoms with Gasteiger partial charge < -0.3 is 14.6 Å². The molecule has 3 aromatic carbocycles. The summed E-state index contributed by atoms with van der Waals surface area (Å²) in [6.07, 6.45) is 5.92. The van der Waals surface area contributed by atoms with Crippen molar-refractivity contribution in [2.24, 2.45) is 0 Å². The minimum absolute atomic E-state index is 0.0654. The maximum atomic E-state index is 12.4. The van der Waals surface area contributed by atoms with Gasteiger partial charge in [0.1, 0.15) is 11.5 Å². The first-order valence-electron chi connectivity index (χ1n) is 13.6. The van der Waals surface area contributed by atoms with Gasteiger partial charge in [-0.1, -0.05) is 99.7 Å². The molecule has 0 saturated carbocycles. The number of phenols is 1. The van der Waals surface area contributed by atoms with Gasteiger partial charge in [-0.15, -0.1) is 0 Å². The number of hydrogen-bond donors (Lipinski definition) is 1. The van der Waals surface area contributed by atoms with Crippen LogP contribution in [-0.4, -0.2) is 38.7 Å². The average molecular weight is 526 g/mol. The first-order valence-corrected chi connectivity index (χ1v) is 13.6. The zero-order valence-electron chi connectivity index (χ0n) is 22.5. The zero-order valence-corrected chi connectivity index (χ0v) is 22.5. The van der Waals surface area contributed by atoms with Crippen LogP contribution in [0.3, 0.4) is 0 Å². The van der Waals surface area contributed by atoms with Crippen molar-refractivity contribution in [1.29, 1.82) is 0 Å². The van der Waals surface area contributed by atoms with Gasteiger partial charge in [-0.2, -0.15) is 0 Å². The van der Waals surface area contributed by atoms with Crippen LogP contribution in [0.25, 0.3) is 34.2 Å². The molecule has 0 spiro atoms. The Kier molecular flexibility index (Phi) is 10.0. The van der Waals surface area contributed by atoms with Crippen LogP contribution in [0.15, 0.2) is 78.9 Å². The number of rotatable bonds is 13. The van der Waals surface area contributed by atoms with Crippen molar-refractivity contribution in [3.8, 4) is 45.7 Å². The monoisotopic (exact) mass is 525 g/mol. The molecule has 7 heteroatoms. The number of unbranched alkanes of at least 4 members (excludes halogenated alkanes) is 5. The standard InChI is InChI=1S/C32H35N3O4/c1-3-4-5-6-7-14-21-38-32(37)23(2)39-26-19-20-27(28(36)22-26)31-34-29(24-15-10-8-11-16-24)33-30(35-31)25-17-12-9-13-18-25/h8-13,15-20,22-23,36H,3-7,14,21H2,1-2H3. The van der Waals surface area contributed by atoms with Crippen molar-refractivity contribution in [2.75, 3.05) is 6.61 Å². The minimum Gasteiger partial charge on any atom is -0.507 e. The van der Waals surface area contributed by atoms with Crippen LogP contribution in [0.2, 0.25) is 0 Å². The maximum Gasteiger partial charge on any atom is 0.347 e. The Morgan fingerprint density at radius 2 is 1.33 bits per heavy atom. The third-order valence-corrected chi connectivity index (χ3v) is 6.30. The van der Waals surface area contributed by atoms with E-state index in [-0.39, 0.29) is 5.75 Å². The lowest BCUT2D eigenvalue weighted by molar-refractivity contribution is -0.151. The third-order valence-electron chi connectivity index (χ3n) is 6.30. The predicted octanol–water partition coefficient (Wildman–Crippen LogP) is 7.25. The highest BCUT2D eigenvalue weighted by atomic mass is 16.6. The fourth-order valence-corrected chi connectivity index (χ4v) is 4.13. The van der Waals surface area contributed by atoms with Crippen molar-refractivity contribution in [3.05, 3.63) is 78.9 Å². The molecule has 0 radical (unpaired) electrons. The van der Waals surface area contributed by atoms with Crippen LogP contribution in [-0.2, 0) is 9.53 Å². The molecule has 1 aromatic heterocycles. The summed E-state index contributed by atoms with van der Waals surface area (Å²) >= 11 is 0. The third kappa shape index (κ3) is 7.87. The highest BCUT2D eigenvalue weighted by Crippen LogP contribution is 2.33. The normalized spacial score (nSPS) is 11.6. The predicted molar refractivity (Wildman–Crippen MR) is 152 cm³/mol. The first-order chi connectivity index (χ1) is 19.0. The Balaban J connectivity index is 1.47. The molecule has 4 aromatic rings. The first kappa shape index (κ1) is 27.8. The van der Waals surface area contributed by atoms with Crippen molar-refractivity contribution in [3.63, 3.8) is 0 Å². The molecule has 1 atom stereocenters. The molecule has 0 aliphatic heterocycles. The Morgan fingerprint density at radius 1 is 0.769 bits per heavy atom. The van der Waals surface area contributed by atoms with Gasteiger partial charge in [0.2, 0.25) is 0 Å². The topological polar surface area (TPSA) is 94.4 Å². The largest absolute Gasteiger partial charge is 0.507 e. The van der Waals surface area contributed by atoms with Gasteiger partial charge in [-0.25, -0.2) is 19.7 Å². The van der Waals surface area contributed by atoms with Gasteiger partial charge in [0.25, 0.3) is 0 Å². The second kappa shape index (κ2) is 14.0. The van der Waals surface area contributed by atoms with Crippen LogP contribution in [0.5, 0.6) is 11.5 Å². The van der Waals surface area contributed by atoms with Crippen LogP contribution in [0, 0.1) is 0 Å². The fraction of sp³-hybridized carbons (Fsp3) is 0.312. The van der Waals surface area contributed by atoms with Crippen molar-refractivity contribution in [1.82, 2.24) is 15.0 Å². The van der Waals surface area contributed by atoms with Crippen LogP contribution in [0.1, 0.15) is 52.4 Å². The number of aromatic nitrogens is 3. The smallest absolute Gasteiger partial charge is 0.347 e. The van der Waals surface area contributed by atoms with Gasteiger partial charge in [0, 0.05) is 17.2 Å². The van der Waals surface area contributed by atoms with Crippen molar-refractivity contribution < 1.29 is 19.4 Å². The lowest BCUT2D eigenvalue weighted by atomic mass is 10.1. The van der Waals surface area contributed by atoms with Gasteiger partial charge in [0.05, 0.1) is 12.2 Å². The average Bonchev–Trinajstić information content (AvgIpc) is 2.97. The summed E-state index contributed by atoms with van der Waals surface area (Å²) in [7, 11) is 0. The highest BCUT2D eigenvalue weighted by molar-refractivity contribution is 5.75. The second-order valence-electron chi connectivity index (χ2n) is 9.41. The number of esters is 1. The number of benzene rings is 3. The number of carbonyl (C=O) groups is 1. The summed E-state index contributed by atoms with van der Waals surface area (Å²) in [5, 5.41) is 10.9. The summed E-state index contributed by atoms with van der Waals surface area (Å²) in [5.74, 6) is 1.19. The number of carbonyl (C=O) groups excluding carboxylic acids is 1. The molecule has 1 heterocycles. The zero-order chi connectivity index (χ0) is 27.5. The lowest BCUT2D eigenvalue weighted by Crippen LogP contribution is -2.26. The highest BCUT2D eigenvalue weighted by Gasteiger charge is 2.19. The molecule has 0 fully saturated rings. The molecule has 202 valence electrons. The molecule has 0 bridgehead atoms. The number of phenolic OH excluding ortho intramolecular Hbond substituents is 1. The van der Waals surface area contributed by atoms with Gasteiger partial charge in [0.15, 0.2) is 23.6 Å². The van der Waals surface area contributed by atoms with Gasteiger partial charge >= 0.3 is 5.97 Å². The van der Waals surface area contributed by atoms with Crippen LogP contribution < -0.4 is 4.74 Å². The Labute approximate surface area is 229 Å². The summed E-state index contributed by atoms with van der Waals surface area (Å²) in [4.78, 5) is 26.3. The van der Waals surface area contributed by atoms with E-state index in [0.29, 0.717) is 35.4 Å². The summed E-state index contributed by atoms with van der Waals surface area (Å²) in [6.45, 7) is 4.21. The van der Waals surface area contributed by atoms with Crippen LogP contribution in [0.4, 0.5) is 0 Å². The van der Waals surface area contributed by atoms with Gasteiger partial charge in [-0.05, 0) is 25.5 Å². The van der Waals surface area contributed by atoms with Crippen molar-refractivity contribution >= 4 is 5.97 Å². The molecule has 1 N–H and O–H groups in total. The van der Waals surface area contributed by atoms with E-state index in [1.165, 1.54) is 25.3 Å². The SMILES string of the molecule is CCCCCCCCOC(=O)C(C)Oc1ccc(-c2nc(-c3ccccc3)nc(-c3ccccc3)n2)c(O)c1. The number of ether oxygens (including phenoxy) is 2. The van der Waals surface area contributed by atoms with E-state index in [0.717, 1.165) is 30.4 Å². The Bertz CT molecular complexity index is 1290. The molecule has 0 aliphatic carbocycles.